The highest BCUT2D eigenvalue weighted by Crippen LogP contribution is 2.16. The van der Waals surface area contributed by atoms with E-state index in [2.05, 4.69) is 0 Å². The summed E-state index contributed by atoms with van der Waals surface area (Å²) < 4.78 is 33.4. The Labute approximate surface area is 143 Å². The number of hydrogen-bond acceptors (Lipinski definition) is 4. The fourth-order valence-corrected chi connectivity index (χ4v) is 4.50. The van der Waals surface area contributed by atoms with Gasteiger partial charge in [0.2, 0.25) is 0 Å². The van der Waals surface area contributed by atoms with Crippen molar-refractivity contribution in [2.45, 2.75) is 6.92 Å². The molecule has 0 radical (unpaired) electrons. The maximum absolute atomic E-state index is 12.6. The van der Waals surface area contributed by atoms with E-state index >= 15 is 0 Å². The Kier molecular flexibility index (Phi) is 5.19. The molecule has 0 aliphatic carbocycles. The fraction of sp³-hybridized carbons (Fsp3) is 0.562. The molecule has 2 saturated heterocycles. The maximum atomic E-state index is 12.6. The number of benzene rings is 1. The smallest absolute Gasteiger partial charge is 0.282 e. The summed E-state index contributed by atoms with van der Waals surface area (Å²) in [4.78, 5) is 14.2. The molecule has 2 heterocycles. The lowest BCUT2D eigenvalue weighted by Crippen LogP contribution is -2.55. The minimum Gasteiger partial charge on any atom is -0.379 e. The molecule has 24 heavy (non-hydrogen) atoms. The fourth-order valence-electron chi connectivity index (χ4n) is 2.94. The molecule has 0 aromatic heterocycles. The minimum absolute atomic E-state index is 0.0431. The van der Waals surface area contributed by atoms with Gasteiger partial charge in [-0.3, -0.25) is 4.79 Å². The number of nitrogens with zero attached hydrogens (tertiary/aromatic N) is 3. The molecule has 0 saturated carbocycles. The number of ether oxygens (including phenoxy) is 1. The van der Waals surface area contributed by atoms with Crippen molar-refractivity contribution in [3.05, 3.63) is 35.4 Å². The Bertz CT molecular complexity index is 676. The summed E-state index contributed by atoms with van der Waals surface area (Å²) >= 11 is 0. The number of carbonyl (C=O) groups is 1. The van der Waals surface area contributed by atoms with E-state index in [1.165, 1.54) is 8.61 Å². The number of aryl methyl sites for hydroxylation is 1. The molecule has 0 N–H and O–H groups in total. The molecule has 1 aromatic carbocycles. The standard InChI is InChI=1S/C16H23N3O4S/c1-14-2-4-15(5-3-14)16(20)17-6-8-18(9-7-17)24(21,22)19-10-12-23-13-11-19/h2-5H,6-13H2,1H3. The summed E-state index contributed by atoms with van der Waals surface area (Å²) in [6.07, 6.45) is 0. The van der Waals surface area contributed by atoms with Gasteiger partial charge in [-0.25, -0.2) is 0 Å². The van der Waals surface area contributed by atoms with Crippen molar-refractivity contribution < 1.29 is 17.9 Å². The topological polar surface area (TPSA) is 70.2 Å². The van der Waals surface area contributed by atoms with E-state index in [1.54, 1.807) is 4.90 Å². The first-order valence-corrected chi connectivity index (χ1v) is 9.57. The van der Waals surface area contributed by atoms with Crippen molar-refractivity contribution >= 4 is 16.1 Å². The van der Waals surface area contributed by atoms with E-state index in [0.29, 0.717) is 58.0 Å². The zero-order valence-corrected chi connectivity index (χ0v) is 14.7. The minimum atomic E-state index is -3.46. The number of hydrogen-bond donors (Lipinski definition) is 0. The first-order valence-electron chi connectivity index (χ1n) is 8.17. The maximum Gasteiger partial charge on any atom is 0.282 e. The number of carbonyl (C=O) groups excluding carboxylic acids is 1. The van der Waals surface area contributed by atoms with E-state index in [-0.39, 0.29) is 5.91 Å². The molecule has 7 nitrogen and oxygen atoms in total. The molecular formula is C16H23N3O4S. The summed E-state index contributed by atoms with van der Waals surface area (Å²) in [7, 11) is -3.46. The van der Waals surface area contributed by atoms with Crippen molar-refractivity contribution in [3.8, 4) is 0 Å². The second-order valence-electron chi connectivity index (χ2n) is 6.08. The number of rotatable bonds is 3. The predicted molar refractivity (Wildman–Crippen MR) is 90.0 cm³/mol. The summed E-state index contributed by atoms with van der Waals surface area (Å²) in [5.41, 5.74) is 1.75. The van der Waals surface area contributed by atoms with Crippen molar-refractivity contribution in [2.24, 2.45) is 0 Å². The normalized spacial score (nSPS) is 21.0. The highest BCUT2D eigenvalue weighted by Gasteiger charge is 2.34. The van der Waals surface area contributed by atoms with E-state index in [0.717, 1.165) is 5.56 Å². The Morgan fingerprint density at radius 2 is 1.46 bits per heavy atom. The van der Waals surface area contributed by atoms with Gasteiger partial charge in [-0.2, -0.15) is 17.0 Å². The van der Waals surface area contributed by atoms with Gasteiger partial charge in [-0.1, -0.05) is 17.7 Å². The lowest BCUT2D eigenvalue weighted by atomic mass is 10.1. The third-order valence-electron chi connectivity index (χ3n) is 4.45. The SMILES string of the molecule is Cc1ccc(C(=O)N2CCN(S(=O)(=O)N3CCOCC3)CC2)cc1. The van der Waals surface area contributed by atoms with Gasteiger partial charge in [0, 0.05) is 44.8 Å². The highest BCUT2D eigenvalue weighted by atomic mass is 32.2. The van der Waals surface area contributed by atoms with Crippen LogP contribution in [0, 0.1) is 6.92 Å². The van der Waals surface area contributed by atoms with E-state index < -0.39 is 10.2 Å². The van der Waals surface area contributed by atoms with Crippen molar-refractivity contribution in [3.63, 3.8) is 0 Å². The zero-order chi connectivity index (χ0) is 17.2. The molecule has 1 aromatic rings. The van der Waals surface area contributed by atoms with Crippen LogP contribution in [0.1, 0.15) is 15.9 Å². The summed E-state index contributed by atoms with van der Waals surface area (Å²) in [6.45, 7) is 5.12. The van der Waals surface area contributed by atoms with Crippen LogP contribution in [0.4, 0.5) is 0 Å². The number of amides is 1. The van der Waals surface area contributed by atoms with Gasteiger partial charge < -0.3 is 9.64 Å². The zero-order valence-electron chi connectivity index (χ0n) is 13.8. The number of piperazine rings is 1. The highest BCUT2D eigenvalue weighted by molar-refractivity contribution is 7.86. The van der Waals surface area contributed by atoms with Crippen LogP contribution in [-0.2, 0) is 14.9 Å². The lowest BCUT2D eigenvalue weighted by Gasteiger charge is -2.37. The van der Waals surface area contributed by atoms with Gasteiger partial charge in [0.1, 0.15) is 0 Å². The van der Waals surface area contributed by atoms with Crippen LogP contribution in [0.3, 0.4) is 0 Å². The monoisotopic (exact) mass is 353 g/mol. The quantitative estimate of drug-likeness (QED) is 0.785. The third kappa shape index (κ3) is 3.61. The van der Waals surface area contributed by atoms with Crippen molar-refractivity contribution in [1.29, 1.82) is 0 Å². The molecular weight excluding hydrogens is 330 g/mol. The van der Waals surface area contributed by atoms with Crippen LogP contribution in [0.2, 0.25) is 0 Å². The Hall–Kier alpha value is -1.48. The van der Waals surface area contributed by atoms with E-state index in [4.69, 9.17) is 4.74 Å². The molecule has 0 atom stereocenters. The van der Waals surface area contributed by atoms with Crippen LogP contribution in [0.5, 0.6) is 0 Å². The van der Waals surface area contributed by atoms with Crippen LogP contribution < -0.4 is 0 Å². The second-order valence-corrected chi connectivity index (χ2v) is 8.00. The molecule has 1 amide bonds. The Balaban J connectivity index is 1.61. The van der Waals surface area contributed by atoms with Crippen LogP contribution in [0.15, 0.2) is 24.3 Å². The molecule has 2 fully saturated rings. The summed E-state index contributed by atoms with van der Waals surface area (Å²) in [6, 6.07) is 7.45. The number of morpholine rings is 1. The predicted octanol–water partition coefficient (Wildman–Crippen LogP) is 0.330. The van der Waals surface area contributed by atoms with Gasteiger partial charge in [-0.05, 0) is 19.1 Å². The molecule has 0 unspecified atom stereocenters. The van der Waals surface area contributed by atoms with Crippen molar-refractivity contribution in [2.75, 3.05) is 52.5 Å². The molecule has 3 rings (SSSR count). The van der Waals surface area contributed by atoms with Gasteiger partial charge in [0.05, 0.1) is 13.2 Å². The van der Waals surface area contributed by atoms with Crippen LogP contribution >= 0.6 is 0 Å². The summed E-state index contributed by atoms with van der Waals surface area (Å²) in [5.74, 6) is -0.0431. The molecule has 0 spiro atoms. The third-order valence-corrected chi connectivity index (χ3v) is 6.48. The lowest BCUT2D eigenvalue weighted by molar-refractivity contribution is 0.0636. The Morgan fingerprint density at radius 1 is 0.917 bits per heavy atom. The van der Waals surface area contributed by atoms with E-state index in [9.17, 15) is 13.2 Å². The second kappa shape index (κ2) is 7.18. The van der Waals surface area contributed by atoms with Gasteiger partial charge in [-0.15, -0.1) is 0 Å². The van der Waals surface area contributed by atoms with Crippen LogP contribution in [-0.4, -0.2) is 80.3 Å². The average Bonchev–Trinajstić information content (AvgIpc) is 2.62. The van der Waals surface area contributed by atoms with Gasteiger partial charge in [0.25, 0.3) is 16.1 Å². The first-order chi connectivity index (χ1) is 11.5. The van der Waals surface area contributed by atoms with Gasteiger partial charge in [0.15, 0.2) is 0 Å². The molecule has 2 aliphatic rings. The molecule has 132 valence electrons. The summed E-state index contributed by atoms with van der Waals surface area (Å²) in [5, 5.41) is 0. The average molecular weight is 353 g/mol. The van der Waals surface area contributed by atoms with E-state index in [1.807, 2.05) is 31.2 Å². The van der Waals surface area contributed by atoms with Crippen molar-refractivity contribution in [1.82, 2.24) is 13.5 Å². The molecule has 0 bridgehead atoms. The largest absolute Gasteiger partial charge is 0.379 e. The van der Waals surface area contributed by atoms with Crippen LogP contribution in [0.25, 0.3) is 0 Å². The Morgan fingerprint density at radius 3 is 2.04 bits per heavy atom. The molecule has 2 aliphatic heterocycles. The van der Waals surface area contributed by atoms with Gasteiger partial charge >= 0.3 is 0 Å². The molecule has 8 heteroatoms. The first kappa shape index (κ1) is 17.3.